The van der Waals surface area contributed by atoms with Crippen molar-refractivity contribution in [2.75, 3.05) is 5.32 Å². The zero-order chi connectivity index (χ0) is 19.9. The predicted molar refractivity (Wildman–Crippen MR) is 97.8 cm³/mol. The van der Waals surface area contributed by atoms with Crippen LogP contribution in [-0.4, -0.2) is 26.1 Å². The van der Waals surface area contributed by atoms with E-state index < -0.39 is 17.8 Å². The van der Waals surface area contributed by atoms with Gasteiger partial charge in [-0.15, -0.1) is 0 Å². The monoisotopic (exact) mass is 385 g/mol. The minimum atomic E-state index is -4.60. The molecule has 0 aliphatic heterocycles. The predicted octanol–water partition coefficient (Wildman–Crippen LogP) is 4.53. The highest BCUT2D eigenvalue weighted by atomic mass is 19.4. The Morgan fingerprint density at radius 2 is 1.89 bits per heavy atom. The molecule has 1 aromatic carbocycles. The molecule has 0 spiro atoms. The number of aromatic nitrogens is 4. The summed E-state index contributed by atoms with van der Waals surface area (Å²) >= 11 is 0. The van der Waals surface area contributed by atoms with Crippen LogP contribution in [0.4, 0.5) is 18.9 Å². The molecule has 4 rings (SSSR count). The number of H-pyrrole nitrogens is 2. The Morgan fingerprint density at radius 3 is 2.57 bits per heavy atom. The third kappa shape index (κ3) is 3.22. The first-order valence-corrected chi connectivity index (χ1v) is 8.30. The molecule has 28 heavy (non-hydrogen) atoms. The third-order valence-electron chi connectivity index (χ3n) is 4.32. The molecule has 4 aromatic rings. The Morgan fingerprint density at radius 1 is 1.14 bits per heavy atom. The molecule has 3 N–H and O–H groups in total. The molecule has 0 unspecified atom stereocenters. The van der Waals surface area contributed by atoms with Gasteiger partial charge in [0.05, 0.1) is 11.9 Å². The van der Waals surface area contributed by atoms with E-state index in [2.05, 4.69) is 20.4 Å². The summed E-state index contributed by atoms with van der Waals surface area (Å²) < 4.78 is 38.6. The number of benzene rings is 1. The fourth-order valence-electron chi connectivity index (χ4n) is 2.94. The number of carbonyl (C=O) groups is 1. The summed E-state index contributed by atoms with van der Waals surface area (Å²) in [6, 6.07) is 13.2. The maximum absolute atomic E-state index is 12.9. The van der Waals surface area contributed by atoms with E-state index in [1.54, 1.807) is 6.07 Å². The molecule has 3 heterocycles. The number of hydrogen-bond donors (Lipinski definition) is 3. The summed E-state index contributed by atoms with van der Waals surface area (Å²) in [5.41, 5.74) is 1.23. The topological polar surface area (TPSA) is 86.5 Å². The van der Waals surface area contributed by atoms with Gasteiger partial charge in [0, 0.05) is 16.6 Å². The Kier molecular flexibility index (Phi) is 4.14. The van der Waals surface area contributed by atoms with Gasteiger partial charge >= 0.3 is 6.18 Å². The average Bonchev–Trinajstić information content (AvgIpc) is 3.25. The molecule has 1 amide bonds. The van der Waals surface area contributed by atoms with Gasteiger partial charge in [0.25, 0.3) is 5.91 Å². The molecule has 6 nitrogen and oxygen atoms in total. The number of carbonyl (C=O) groups excluding carboxylic acids is 1. The summed E-state index contributed by atoms with van der Waals surface area (Å²) in [4.78, 5) is 19.8. The summed E-state index contributed by atoms with van der Waals surface area (Å²) in [7, 11) is 0. The van der Waals surface area contributed by atoms with E-state index in [-0.39, 0.29) is 11.3 Å². The number of nitrogens with one attached hydrogen (secondary N) is 3. The molecule has 0 atom stereocenters. The van der Waals surface area contributed by atoms with Crippen LogP contribution in [0.25, 0.3) is 22.3 Å². The summed E-state index contributed by atoms with van der Waals surface area (Å²) in [5, 5.41) is 8.67. The highest BCUT2D eigenvalue weighted by Crippen LogP contribution is 2.31. The lowest BCUT2D eigenvalue weighted by Gasteiger charge is -2.05. The minimum absolute atomic E-state index is 0.257. The van der Waals surface area contributed by atoms with Gasteiger partial charge in [-0.05, 0) is 24.6 Å². The number of hydrogen-bond acceptors (Lipinski definition) is 3. The second-order valence-corrected chi connectivity index (χ2v) is 6.23. The van der Waals surface area contributed by atoms with Crippen LogP contribution in [0.1, 0.15) is 21.7 Å². The lowest BCUT2D eigenvalue weighted by molar-refractivity contribution is -0.141. The summed E-state index contributed by atoms with van der Waals surface area (Å²) in [6.07, 6.45) is -3.17. The van der Waals surface area contributed by atoms with E-state index in [1.165, 1.54) is 13.1 Å². The number of rotatable bonds is 3. The normalized spacial score (nSPS) is 11.7. The molecule has 0 saturated carbocycles. The first-order valence-electron chi connectivity index (χ1n) is 8.30. The molecular weight excluding hydrogens is 371 g/mol. The number of aromatic amines is 2. The van der Waals surface area contributed by atoms with Gasteiger partial charge in [0.15, 0.2) is 5.69 Å². The molecule has 0 aliphatic carbocycles. The second-order valence-electron chi connectivity index (χ2n) is 6.23. The van der Waals surface area contributed by atoms with Crippen molar-refractivity contribution in [2.45, 2.75) is 13.1 Å². The third-order valence-corrected chi connectivity index (χ3v) is 4.32. The van der Waals surface area contributed by atoms with Crippen LogP contribution in [0, 0.1) is 6.92 Å². The zero-order valence-electron chi connectivity index (χ0n) is 14.6. The number of pyridine rings is 1. The molecule has 0 radical (unpaired) electrons. The van der Waals surface area contributed by atoms with Gasteiger partial charge in [-0.3, -0.25) is 9.89 Å². The SMILES string of the molecule is Cc1c(C(=O)Nc2cnc3[nH]c(-c4ccccc4)cc3c2)n[nH]c1C(F)(F)F. The van der Waals surface area contributed by atoms with Crippen molar-refractivity contribution in [1.82, 2.24) is 20.2 Å². The van der Waals surface area contributed by atoms with Gasteiger partial charge in [-0.2, -0.15) is 18.3 Å². The molecule has 0 bridgehead atoms. The van der Waals surface area contributed by atoms with Crippen LogP contribution in [0.5, 0.6) is 0 Å². The van der Waals surface area contributed by atoms with Gasteiger partial charge in [0.1, 0.15) is 11.3 Å². The van der Waals surface area contributed by atoms with E-state index in [1.807, 2.05) is 41.5 Å². The Bertz CT molecular complexity index is 1160. The molecule has 9 heteroatoms. The van der Waals surface area contributed by atoms with Crippen LogP contribution in [-0.2, 0) is 6.18 Å². The van der Waals surface area contributed by atoms with Crippen LogP contribution in [0.15, 0.2) is 48.7 Å². The molecular formula is C19H14F3N5O. The van der Waals surface area contributed by atoms with Crippen molar-refractivity contribution in [2.24, 2.45) is 0 Å². The van der Waals surface area contributed by atoms with Crippen molar-refractivity contribution >= 4 is 22.6 Å². The highest BCUT2D eigenvalue weighted by Gasteiger charge is 2.36. The average molecular weight is 385 g/mol. The summed E-state index contributed by atoms with van der Waals surface area (Å²) in [5.74, 6) is -0.746. The van der Waals surface area contributed by atoms with Crippen molar-refractivity contribution in [3.63, 3.8) is 0 Å². The van der Waals surface area contributed by atoms with Crippen molar-refractivity contribution < 1.29 is 18.0 Å². The van der Waals surface area contributed by atoms with E-state index >= 15 is 0 Å². The van der Waals surface area contributed by atoms with Gasteiger partial charge in [-0.25, -0.2) is 4.98 Å². The Hall–Kier alpha value is -3.62. The maximum atomic E-state index is 12.9. The Labute approximate surface area is 156 Å². The first kappa shape index (κ1) is 17.8. The van der Waals surface area contributed by atoms with Crippen molar-refractivity contribution in [3.8, 4) is 11.3 Å². The molecule has 0 aliphatic rings. The van der Waals surface area contributed by atoms with Crippen LogP contribution < -0.4 is 5.32 Å². The summed E-state index contributed by atoms with van der Waals surface area (Å²) in [6.45, 7) is 1.20. The lowest BCUT2D eigenvalue weighted by Crippen LogP contribution is -2.14. The quantitative estimate of drug-likeness (QED) is 0.484. The number of fused-ring (bicyclic) bond motifs is 1. The van der Waals surface area contributed by atoms with E-state index in [0.717, 1.165) is 16.6 Å². The van der Waals surface area contributed by atoms with Gasteiger partial charge in [0.2, 0.25) is 0 Å². The molecule has 142 valence electrons. The van der Waals surface area contributed by atoms with E-state index in [9.17, 15) is 18.0 Å². The molecule has 3 aromatic heterocycles. The smallest absolute Gasteiger partial charge is 0.339 e. The van der Waals surface area contributed by atoms with Crippen LogP contribution in [0.3, 0.4) is 0 Å². The van der Waals surface area contributed by atoms with E-state index in [0.29, 0.717) is 11.3 Å². The standard InChI is InChI=1S/C19H14F3N5O/c1-10-15(26-27-16(10)19(20,21)22)18(28)24-13-7-12-8-14(25-17(12)23-9-13)11-5-3-2-4-6-11/h2-9H,1H3,(H,23,25)(H,24,28)(H,26,27). The molecule has 0 saturated heterocycles. The maximum Gasteiger partial charge on any atom is 0.433 e. The molecule has 0 fully saturated rings. The van der Waals surface area contributed by atoms with Crippen LogP contribution >= 0.6 is 0 Å². The number of halogens is 3. The number of amides is 1. The first-order chi connectivity index (χ1) is 13.3. The minimum Gasteiger partial charge on any atom is -0.339 e. The fraction of sp³-hybridized carbons (Fsp3) is 0.105. The fourth-order valence-corrected chi connectivity index (χ4v) is 2.94. The van der Waals surface area contributed by atoms with Gasteiger partial charge in [-0.1, -0.05) is 30.3 Å². The zero-order valence-corrected chi connectivity index (χ0v) is 14.6. The lowest BCUT2D eigenvalue weighted by atomic mass is 10.1. The van der Waals surface area contributed by atoms with Crippen molar-refractivity contribution in [3.05, 3.63) is 65.6 Å². The van der Waals surface area contributed by atoms with Crippen LogP contribution in [0.2, 0.25) is 0 Å². The largest absolute Gasteiger partial charge is 0.433 e. The van der Waals surface area contributed by atoms with E-state index in [4.69, 9.17) is 0 Å². The number of nitrogens with zero attached hydrogens (tertiary/aromatic N) is 2. The van der Waals surface area contributed by atoms with Gasteiger partial charge < -0.3 is 10.3 Å². The Balaban J connectivity index is 1.60. The second kappa shape index (κ2) is 6.52. The highest BCUT2D eigenvalue weighted by molar-refractivity contribution is 6.04. The number of alkyl halides is 3. The number of anilines is 1. The van der Waals surface area contributed by atoms with Crippen molar-refractivity contribution in [1.29, 1.82) is 0 Å².